The first-order valence-electron chi connectivity index (χ1n) is 6.90. The molecule has 0 amide bonds. The predicted octanol–water partition coefficient (Wildman–Crippen LogP) is 3.03. The summed E-state index contributed by atoms with van der Waals surface area (Å²) >= 11 is 1.17. The zero-order valence-corrected chi connectivity index (χ0v) is 13.2. The smallest absolute Gasteiger partial charge is 0.321 e. The molecule has 23 heavy (non-hydrogen) atoms. The van der Waals surface area contributed by atoms with Gasteiger partial charge in [0.05, 0.1) is 9.82 Å². The van der Waals surface area contributed by atoms with Crippen molar-refractivity contribution in [1.29, 1.82) is 0 Å². The second-order valence-corrected chi connectivity index (χ2v) is 5.80. The number of carboxylic acid groups (broad SMARTS) is 1. The highest BCUT2D eigenvalue weighted by Gasteiger charge is 2.22. The summed E-state index contributed by atoms with van der Waals surface area (Å²) < 4.78 is 0. The van der Waals surface area contributed by atoms with Crippen molar-refractivity contribution in [2.24, 2.45) is 0 Å². The molecule has 7 heteroatoms. The van der Waals surface area contributed by atoms with E-state index in [0.29, 0.717) is 4.90 Å². The molecule has 0 aliphatic rings. The lowest BCUT2D eigenvalue weighted by molar-refractivity contribution is -0.387. The van der Waals surface area contributed by atoms with E-state index in [1.807, 2.05) is 30.3 Å². The van der Waals surface area contributed by atoms with Gasteiger partial charge in [-0.1, -0.05) is 42.5 Å². The number of hydrogen-bond acceptors (Lipinski definition) is 5. The number of nitrogens with one attached hydrogen (secondary N) is 1. The lowest BCUT2D eigenvalue weighted by Gasteiger charge is -2.13. The second kappa shape index (κ2) is 7.75. The number of nitro benzene ring substituents is 1. The normalized spacial score (nSPS) is 11.9. The van der Waals surface area contributed by atoms with Gasteiger partial charge in [-0.15, -0.1) is 11.8 Å². The Kier molecular flexibility index (Phi) is 5.72. The Morgan fingerprint density at radius 1 is 1.26 bits per heavy atom. The standard InChI is InChI=1S/C16H16N2O4S/c1-17-13(16(19)20)10-23-15-12(11-6-3-2-4-7-11)8-5-9-14(15)18(21)22/h2-9,13,17H,10H2,1H3,(H,19,20)/t13-/m0/s1. The topological polar surface area (TPSA) is 92.5 Å². The Morgan fingerprint density at radius 2 is 1.96 bits per heavy atom. The Morgan fingerprint density at radius 3 is 2.52 bits per heavy atom. The number of nitrogens with zero attached hydrogens (tertiary/aromatic N) is 1. The van der Waals surface area contributed by atoms with Crippen LogP contribution in [0.25, 0.3) is 11.1 Å². The van der Waals surface area contributed by atoms with Gasteiger partial charge in [-0.05, 0) is 12.6 Å². The van der Waals surface area contributed by atoms with E-state index in [9.17, 15) is 14.9 Å². The van der Waals surface area contributed by atoms with Crippen LogP contribution in [0.3, 0.4) is 0 Å². The molecule has 0 heterocycles. The summed E-state index contributed by atoms with van der Waals surface area (Å²) in [5.41, 5.74) is 1.57. The number of benzene rings is 2. The molecule has 0 aliphatic heterocycles. The number of aliphatic carboxylic acids is 1. The molecule has 0 radical (unpaired) electrons. The van der Waals surface area contributed by atoms with Gasteiger partial charge < -0.3 is 10.4 Å². The fourth-order valence-corrected chi connectivity index (χ4v) is 3.38. The Hall–Kier alpha value is -2.38. The van der Waals surface area contributed by atoms with Crippen LogP contribution >= 0.6 is 11.8 Å². The van der Waals surface area contributed by atoms with Crippen LogP contribution < -0.4 is 5.32 Å². The van der Waals surface area contributed by atoms with Gasteiger partial charge in [0.15, 0.2) is 0 Å². The summed E-state index contributed by atoms with van der Waals surface area (Å²) in [5, 5.41) is 23.1. The van der Waals surface area contributed by atoms with Crippen LogP contribution in [0.15, 0.2) is 53.4 Å². The molecule has 1 atom stereocenters. The van der Waals surface area contributed by atoms with Crippen molar-refractivity contribution < 1.29 is 14.8 Å². The molecule has 0 aliphatic carbocycles. The summed E-state index contributed by atoms with van der Waals surface area (Å²) in [6, 6.07) is 13.4. The molecule has 2 N–H and O–H groups in total. The number of likely N-dealkylation sites (N-methyl/N-ethyl adjacent to an activating group) is 1. The van der Waals surface area contributed by atoms with Crippen LogP contribution in [0.2, 0.25) is 0 Å². The third-order valence-corrected chi connectivity index (χ3v) is 4.53. The van der Waals surface area contributed by atoms with Crippen molar-refractivity contribution in [3.63, 3.8) is 0 Å². The number of thioether (sulfide) groups is 1. The van der Waals surface area contributed by atoms with Crippen LogP contribution in [0, 0.1) is 10.1 Å². The van der Waals surface area contributed by atoms with Crippen molar-refractivity contribution in [2.75, 3.05) is 12.8 Å². The van der Waals surface area contributed by atoms with Gasteiger partial charge in [0, 0.05) is 17.4 Å². The minimum atomic E-state index is -0.986. The van der Waals surface area contributed by atoms with Gasteiger partial charge in [0.2, 0.25) is 0 Å². The minimum absolute atomic E-state index is 0.0170. The highest BCUT2D eigenvalue weighted by molar-refractivity contribution is 7.99. The fraction of sp³-hybridized carbons (Fsp3) is 0.188. The molecule has 0 bridgehead atoms. The average Bonchev–Trinajstić information content (AvgIpc) is 2.55. The van der Waals surface area contributed by atoms with E-state index in [2.05, 4.69) is 5.32 Å². The molecular formula is C16H16N2O4S. The van der Waals surface area contributed by atoms with E-state index in [1.54, 1.807) is 19.2 Å². The predicted molar refractivity (Wildman–Crippen MR) is 89.7 cm³/mol. The first-order valence-corrected chi connectivity index (χ1v) is 7.89. The Balaban J connectivity index is 2.42. The van der Waals surface area contributed by atoms with E-state index in [4.69, 9.17) is 5.11 Å². The molecule has 0 saturated carbocycles. The van der Waals surface area contributed by atoms with Gasteiger partial charge in [-0.2, -0.15) is 0 Å². The van der Waals surface area contributed by atoms with E-state index >= 15 is 0 Å². The van der Waals surface area contributed by atoms with Gasteiger partial charge in [-0.3, -0.25) is 14.9 Å². The second-order valence-electron chi connectivity index (χ2n) is 4.77. The minimum Gasteiger partial charge on any atom is -0.480 e. The van der Waals surface area contributed by atoms with Crippen LogP contribution in [-0.4, -0.2) is 34.8 Å². The summed E-state index contributed by atoms with van der Waals surface area (Å²) in [6.45, 7) is 0. The fourth-order valence-electron chi connectivity index (χ4n) is 2.11. The number of hydrogen-bond donors (Lipinski definition) is 2. The Bertz CT molecular complexity index is 706. The van der Waals surface area contributed by atoms with Gasteiger partial charge in [0.25, 0.3) is 5.69 Å². The van der Waals surface area contributed by atoms with E-state index in [0.717, 1.165) is 11.1 Å². The maximum Gasteiger partial charge on any atom is 0.321 e. The van der Waals surface area contributed by atoms with Crippen molar-refractivity contribution in [3.8, 4) is 11.1 Å². The van der Waals surface area contributed by atoms with Gasteiger partial charge in [-0.25, -0.2) is 0 Å². The summed E-state index contributed by atoms with van der Waals surface area (Å²) in [5.74, 6) is -0.795. The number of carboxylic acids is 1. The van der Waals surface area contributed by atoms with E-state index in [1.165, 1.54) is 17.8 Å². The van der Waals surface area contributed by atoms with Crippen molar-refractivity contribution in [1.82, 2.24) is 5.32 Å². The summed E-state index contributed by atoms with van der Waals surface area (Å²) in [6.07, 6.45) is 0. The highest BCUT2D eigenvalue weighted by atomic mass is 32.2. The van der Waals surface area contributed by atoms with Crippen LogP contribution in [0.1, 0.15) is 0 Å². The number of nitro groups is 1. The SMILES string of the molecule is CN[C@@H](CSc1c(-c2ccccc2)cccc1[N+](=O)[O-])C(=O)O. The summed E-state index contributed by atoms with van der Waals surface area (Å²) in [4.78, 5) is 22.5. The lowest BCUT2D eigenvalue weighted by atomic mass is 10.1. The van der Waals surface area contributed by atoms with Gasteiger partial charge in [0.1, 0.15) is 6.04 Å². The average molecular weight is 332 g/mol. The first kappa shape index (κ1) is 17.0. The molecule has 0 aromatic heterocycles. The zero-order chi connectivity index (χ0) is 16.8. The third-order valence-electron chi connectivity index (χ3n) is 3.32. The maximum atomic E-state index is 11.3. The van der Waals surface area contributed by atoms with Crippen LogP contribution in [0.4, 0.5) is 5.69 Å². The van der Waals surface area contributed by atoms with Crippen LogP contribution in [-0.2, 0) is 4.79 Å². The van der Waals surface area contributed by atoms with Crippen LogP contribution in [0.5, 0.6) is 0 Å². The largest absolute Gasteiger partial charge is 0.480 e. The maximum absolute atomic E-state index is 11.3. The monoisotopic (exact) mass is 332 g/mol. The van der Waals surface area contributed by atoms with Crippen molar-refractivity contribution in [2.45, 2.75) is 10.9 Å². The van der Waals surface area contributed by atoms with E-state index < -0.39 is 16.9 Å². The molecular weight excluding hydrogens is 316 g/mol. The molecule has 0 fully saturated rings. The molecule has 0 spiro atoms. The molecule has 2 aromatic rings. The quantitative estimate of drug-likeness (QED) is 0.460. The number of rotatable bonds is 7. The molecule has 2 aromatic carbocycles. The van der Waals surface area contributed by atoms with E-state index in [-0.39, 0.29) is 11.4 Å². The third kappa shape index (κ3) is 4.08. The van der Waals surface area contributed by atoms with Crippen molar-refractivity contribution >= 4 is 23.4 Å². The van der Waals surface area contributed by atoms with Crippen molar-refractivity contribution in [3.05, 3.63) is 58.6 Å². The Labute approximate surface area is 137 Å². The molecule has 120 valence electrons. The van der Waals surface area contributed by atoms with Gasteiger partial charge >= 0.3 is 5.97 Å². The molecule has 0 unspecified atom stereocenters. The molecule has 2 rings (SSSR count). The lowest BCUT2D eigenvalue weighted by Crippen LogP contribution is -2.36. The molecule has 0 saturated heterocycles. The molecule has 6 nitrogen and oxygen atoms in total. The summed E-state index contributed by atoms with van der Waals surface area (Å²) in [7, 11) is 1.55. The number of carbonyl (C=O) groups is 1. The zero-order valence-electron chi connectivity index (χ0n) is 12.4. The first-order chi connectivity index (χ1) is 11.0. The highest BCUT2D eigenvalue weighted by Crippen LogP contribution is 2.38.